The lowest BCUT2D eigenvalue weighted by Crippen LogP contribution is -1.81. The van der Waals surface area contributed by atoms with Gasteiger partial charge in [-0.15, -0.1) is 17.0 Å². The van der Waals surface area contributed by atoms with Gasteiger partial charge in [0.2, 0.25) is 0 Å². The second-order valence-electron chi connectivity index (χ2n) is 1.91. The van der Waals surface area contributed by atoms with Crippen molar-refractivity contribution < 1.29 is 0 Å². The van der Waals surface area contributed by atoms with Gasteiger partial charge in [0.25, 0.3) is 0 Å². The van der Waals surface area contributed by atoms with Crippen molar-refractivity contribution >= 4 is 22.7 Å². The van der Waals surface area contributed by atoms with E-state index in [4.69, 9.17) is 5.73 Å². The van der Waals surface area contributed by atoms with Gasteiger partial charge in [-0.25, -0.2) is 0 Å². The summed E-state index contributed by atoms with van der Waals surface area (Å²) < 4.78 is 0. The summed E-state index contributed by atoms with van der Waals surface area (Å²) in [6, 6.07) is 7.79. The summed E-state index contributed by atoms with van der Waals surface area (Å²) in [5.41, 5.74) is 7.51. The van der Waals surface area contributed by atoms with E-state index < -0.39 is 0 Å². The van der Waals surface area contributed by atoms with Crippen LogP contribution in [0.2, 0.25) is 0 Å². The van der Waals surface area contributed by atoms with Crippen LogP contribution in [0.4, 0.5) is 5.69 Å². The van der Waals surface area contributed by atoms with Crippen LogP contribution in [0.5, 0.6) is 0 Å². The van der Waals surface area contributed by atoms with Crippen molar-refractivity contribution in [3.8, 4) is 0 Å². The summed E-state index contributed by atoms with van der Waals surface area (Å²) in [6.07, 6.45) is 0. The van der Waals surface area contributed by atoms with Gasteiger partial charge in [-0.2, -0.15) is 0 Å². The average Bonchev–Trinajstić information content (AvgIpc) is 1.77. The van der Waals surface area contributed by atoms with E-state index in [1.165, 1.54) is 5.56 Å². The highest BCUT2D eigenvalue weighted by Gasteiger charge is 1.80. The van der Waals surface area contributed by atoms with Crippen LogP contribution in [-0.2, 0) is 0 Å². The van der Waals surface area contributed by atoms with Crippen molar-refractivity contribution in [3.63, 3.8) is 0 Å². The molecule has 1 aromatic rings. The molecule has 0 heterocycles. The van der Waals surface area contributed by atoms with E-state index in [9.17, 15) is 0 Å². The van der Waals surface area contributed by atoms with Crippen LogP contribution in [0.25, 0.3) is 0 Å². The molecule has 0 saturated heterocycles. The van der Waals surface area contributed by atoms with Crippen molar-refractivity contribution in [3.05, 3.63) is 29.8 Å². The van der Waals surface area contributed by atoms with Gasteiger partial charge < -0.3 is 5.73 Å². The van der Waals surface area contributed by atoms with Crippen LogP contribution in [0, 0.1) is 6.92 Å². The average molecular weight is 188 g/mol. The zero-order valence-corrected chi connectivity index (χ0v) is 7.01. The number of halogens is 1. The third kappa shape index (κ3) is 2.51. The van der Waals surface area contributed by atoms with E-state index in [1.54, 1.807) is 0 Å². The summed E-state index contributed by atoms with van der Waals surface area (Å²) >= 11 is 0. The van der Waals surface area contributed by atoms with Gasteiger partial charge in [0.15, 0.2) is 0 Å². The number of nitrogens with two attached hydrogens (primary N) is 1. The van der Waals surface area contributed by atoms with E-state index in [0.717, 1.165) is 5.69 Å². The zero-order chi connectivity index (χ0) is 5.98. The van der Waals surface area contributed by atoms with Crippen LogP contribution in [-0.4, -0.2) is 0 Å². The third-order valence-corrected chi connectivity index (χ3v) is 1.08. The number of hydrogen-bond acceptors (Lipinski definition) is 1. The summed E-state index contributed by atoms with van der Waals surface area (Å²) in [4.78, 5) is 0. The molecule has 2 heteroatoms. The molecular formula is C7H10BrN. The maximum Gasteiger partial charge on any atom is 0.0314 e. The van der Waals surface area contributed by atoms with Gasteiger partial charge in [0.1, 0.15) is 0 Å². The summed E-state index contributed by atoms with van der Waals surface area (Å²) in [5, 5.41) is 0. The second-order valence-corrected chi connectivity index (χ2v) is 1.91. The Bertz CT molecular complexity index is 148. The van der Waals surface area contributed by atoms with Gasteiger partial charge in [-0.1, -0.05) is 17.7 Å². The highest BCUT2D eigenvalue weighted by atomic mass is 79.9. The van der Waals surface area contributed by atoms with Crippen molar-refractivity contribution in [2.24, 2.45) is 0 Å². The molecule has 0 amide bonds. The van der Waals surface area contributed by atoms with Crippen molar-refractivity contribution in [2.75, 3.05) is 5.73 Å². The van der Waals surface area contributed by atoms with Gasteiger partial charge in [0, 0.05) is 5.69 Å². The predicted octanol–water partition coefficient (Wildman–Crippen LogP) is 2.16. The van der Waals surface area contributed by atoms with Gasteiger partial charge in [-0.3, -0.25) is 0 Å². The number of nitrogen functional groups attached to an aromatic ring is 1. The summed E-state index contributed by atoms with van der Waals surface area (Å²) in [7, 11) is 0. The van der Waals surface area contributed by atoms with Crippen LogP contribution < -0.4 is 5.73 Å². The minimum absolute atomic E-state index is 0. The maximum atomic E-state index is 5.43. The SMILES string of the molecule is Br.Cc1ccc(N)cc1. The lowest BCUT2D eigenvalue weighted by molar-refractivity contribution is 1.47. The first kappa shape index (κ1) is 8.50. The minimum atomic E-state index is 0. The molecule has 9 heavy (non-hydrogen) atoms. The van der Waals surface area contributed by atoms with Crippen molar-refractivity contribution in [1.82, 2.24) is 0 Å². The molecule has 0 aliphatic carbocycles. The molecule has 0 aliphatic heterocycles. The van der Waals surface area contributed by atoms with E-state index in [1.807, 2.05) is 31.2 Å². The highest BCUT2D eigenvalue weighted by Crippen LogP contribution is 2.02. The number of rotatable bonds is 0. The molecule has 50 valence electrons. The molecule has 1 aromatic carbocycles. The van der Waals surface area contributed by atoms with Gasteiger partial charge in [0.05, 0.1) is 0 Å². The highest BCUT2D eigenvalue weighted by molar-refractivity contribution is 8.93. The molecule has 1 nitrogen and oxygen atoms in total. The summed E-state index contributed by atoms with van der Waals surface area (Å²) in [6.45, 7) is 2.04. The topological polar surface area (TPSA) is 26.0 Å². The molecule has 0 saturated carbocycles. The molecule has 0 spiro atoms. The van der Waals surface area contributed by atoms with Crippen molar-refractivity contribution in [2.45, 2.75) is 6.92 Å². The first-order valence-corrected chi connectivity index (χ1v) is 2.61. The molecule has 0 fully saturated rings. The van der Waals surface area contributed by atoms with Crippen molar-refractivity contribution in [1.29, 1.82) is 0 Å². The first-order valence-electron chi connectivity index (χ1n) is 2.61. The third-order valence-electron chi connectivity index (χ3n) is 1.08. The van der Waals surface area contributed by atoms with E-state index in [-0.39, 0.29) is 17.0 Å². The summed E-state index contributed by atoms with van der Waals surface area (Å²) in [5.74, 6) is 0. The van der Waals surface area contributed by atoms with Crippen LogP contribution in [0.1, 0.15) is 5.56 Å². The standard InChI is InChI=1S/C7H9N.BrH/c1-6-2-4-7(8)5-3-6;/h2-5H,8H2,1H3;1H. The molecule has 0 atom stereocenters. The molecular weight excluding hydrogens is 178 g/mol. The quantitative estimate of drug-likeness (QED) is 0.620. The Kier molecular flexibility index (Phi) is 3.32. The zero-order valence-electron chi connectivity index (χ0n) is 5.29. The molecule has 1 rings (SSSR count). The Morgan fingerprint density at radius 1 is 1.11 bits per heavy atom. The molecule has 0 radical (unpaired) electrons. The molecule has 2 N–H and O–H groups in total. The largest absolute Gasteiger partial charge is 0.399 e. The first-order chi connectivity index (χ1) is 3.79. The fourth-order valence-electron chi connectivity index (χ4n) is 0.566. The minimum Gasteiger partial charge on any atom is -0.399 e. The number of hydrogen-bond donors (Lipinski definition) is 1. The Morgan fingerprint density at radius 2 is 1.56 bits per heavy atom. The lowest BCUT2D eigenvalue weighted by atomic mass is 10.2. The van der Waals surface area contributed by atoms with E-state index >= 15 is 0 Å². The Hall–Kier alpha value is -0.500. The fraction of sp³-hybridized carbons (Fsp3) is 0.143. The second kappa shape index (κ2) is 3.51. The Labute approximate surface area is 65.6 Å². The normalized spacial score (nSPS) is 8.11. The van der Waals surface area contributed by atoms with Crippen LogP contribution >= 0.6 is 17.0 Å². The lowest BCUT2D eigenvalue weighted by Gasteiger charge is -1.90. The molecule has 0 aromatic heterocycles. The van der Waals surface area contributed by atoms with Gasteiger partial charge >= 0.3 is 0 Å². The Morgan fingerprint density at radius 3 is 1.89 bits per heavy atom. The van der Waals surface area contributed by atoms with Crippen LogP contribution in [0.3, 0.4) is 0 Å². The maximum absolute atomic E-state index is 5.43. The smallest absolute Gasteiger partial charge is 0.0314 e. The number of benzene rings is 1. The molecule has 0 aliphatic rings. The molecule has 0 unspecified atom stereocenters. The van der Waals surface area contributed by atoms with E-state index in [0.29, 0.717) is 0 Å². The van der Waals surface area contributed by atoms with Gasteiger partial charge in [-0.05, 0) is 19.1 Å². The molecule has 0 bridgehead atoms. The Balaban J connectivity index is 0.000000640. The predicted molar refractivity (Wildman–Crippen MR) is 45.9 cm³/mol. The monoisotopic (exact) mass is 187 g/mol. The fourth-order valence-corrected chi connectivity index (χ4v) is 0.566. The number of aryl methyl sites for hydroxylation is 1. The number of anilines is 1. The van der Waals surface area contributed by atoms with E-state index in [2.05, 4.69) is 0 Å². The van der Waals surface area contributed by atoms with Crippen LogP contribution in [0.15, 0.2) is 24.3 Å².